The van der Waals surface area contributed by atoms with Crippen molar-refractivity contribution in [3.63, 3.8) is 0 Å². The summed E-state index contributed by atoms with van der Waals surface area (Å²) in [5.74, 6) is -1.03. The molecule has 176 valence electrons. The molecule has 0 radical (unpaired) electrons. The molecule has 7 heteroatoms. The number of hydrogen-bond donors (Lipinski definition) is 1. The van der Waals surface area contributed by atoms with E-state index in [0.717, 1.165) is 22.4 Å². The van der Waals surface area contributed by atoms with Gasteiger partial charge in [-0.1, -0.05) is 48.5 Å². The highest BCUT2D eigenvalue weighted by Gasteiger charge is 2.35. The fourth-order valence-electron chi connectivity index (χ4n) is 4.28. The zero-order valence-electron chi connectivity index (χ0n) is 19.5. The Labute approximate surface area is 203 Å². The number of nitro groups is 1. The Kier molecular flexibility index (Phi) is 7.16. The van der Waals surface area contributed by atoms with Crippen LogP contribution in [0.2, 0.25) is 0 Å². The van der Waals surface area contributed by atoms with Gasteiger partial charge in [0, 0.05) is 41.8 Å². The van der Waals surface area contributed by atoms with Gasteiger partial charge < -0.3 is 10.1 Å². The topological polar surface area (TPSA) is 94.4 Å². The van der Waals surface area contributed by atoms with Gasteiger partial charge in [-0.25, -0.2) is 4.79 Å². The van der Waals surface area contributed by atoms with E-state index < -0.39 is 16.8 Å². The number of aromatic nitrogens is 1. The van der Waals surface area contributed by atoms with Crippen molar-refractivity contribution < 1.29 is 14.5 Å². The Morgan fingerprint density at radius 1 is 1.06 bits per heavy atom. The van der Waals surface area contributed by atoms with E-state index in [1.807, 2.05) is 62.4 Å². The van der Waals surface area contributed by atoms with Crippen molar-refractivity contribution in [1.82, 2.24) is 10.3 Å². The van der Waals surface area contributed by atoms with Gasteiger partial charge in [0.1, 0.15) is 6.61 Å². The van der Waals surface area contributed by atoms with Crippen molar-refractivity contribution in [2.45, 2.75) is 19.8 Å². The second-order valence-corrected chi connectivity index (χ2v) is 8.13. The number of nitro benzene ring substituents is 1. The van der Waals surface area contributed by atoms with Crippen LogP contribution in [0.3, 0.4) is 0 Å². The third-order valence-electron chi connectivity index (χ3n) is 5.81. The SMILES string of the molecule is CC1=C(C(=O)OC/C=C/c2ccccc2)C(c2cccc([N+](=O)[O-])c2)C(c2ccncc2)=C(C)N1. The zero-order chi connectivity index (χ0) is 24.8. The number of benzene rings is 2. The first-order chi connectivity index (χ1) is 17.0. The number of hydrogen-bond acceptors (Lipinski definition) is 6. The summed E-state index contributed by atoms with van der Waals surface area (Å²) >= 11 is 0. The van der Waals surface area contributed by atoms with Crippen LogP contribution in [-0.2, 0) is 9.53 Å². The fraction of sp³-hybridized carbons (Fsp3) is 0.143. The Balaban J connectivity index is 1.70. The van der Waals surface area contributed by atoms with Gasteiger partial charge in [0.15, 0.2) is 0 Å². The molecule has 0 fully saturated rings. The minimum absolute atomic E-state index is 0.0380. The first-order valence-corrected chi connectivity index (χ1v) is 11.2. The van der Waals surface area contributed by atoms with Crippen molar-refractivity contribution >= 4 is 23.3 Å². The van der Waals surface area contributed by atoms with E-state index in [2.05, 4.69) is 10.3 Å². The van der Waals surface area contributed by atoms with Crippen LogP contribution >= 0.6 is 0 Å². The highest BCUT2D eigenvalue weighted by Crippen LogP contribution is 2.44. The number of nitrogens with zero attached hydrogens (tertiary/aromatic N) is 2. The molecule has 7 nitrogen and oxygen atoms in total. The van der Waals surface area contributed by atoms with Crippen LogP contribution in [0.15, 0.2) is 102 Å². The monoisotopic (exact) mass is 467 g/mol. The smallest absolute Gasteiger partial charge is 0.337 e. The van der Waals surface area contributed by atoms with Crippen LogP contribution in [0.1, 0.15) is 36.5 Å². The van der Waals surface area contributed by atoms with E-state index in [1.165, 1.54) is 12.1 Å². The molecule has 1 aromatic heterocycles. The number of non-ortho nitro benzene ring substituents is 1. The molecule has 2 aromatic carbocycles. The lowest BCUT2D eigenvalue weighted by molar-refractivity contribution is -0.384. The van der Waals surface area contributed by atoms with Gasteiger partial charge in [-0.15, -0.1) is 0 Å². The van der Waals surface area contributed by atoms with Gasteiger partial charge in [0.05, 0.1) is 10.5 Å². The zero-order valence-corrected chi connectivity index (χ0v) is 19.5. The molecule has 35 heavy (non-hydrogen) atoms. The first kappa shape index (κ1) is 23.6. The lowest BCUT2D eigenvalue weighted by Crippen LogP contribution is -2.28. The van der Waals surface area contributed by atoms with Crippen LogP contribution in [0, 0.1) is 10.1 Å². The minimum Gasteiger partial charge on any atom is -0.458 e. The molecule has 0 saturated carbocycles. The lowest BCUT2D eigenvalue weighted by atomic mass is 9.78. The Morgan fingerprint density at radius 2 is 1.80 bits per heavy atom. The third-order valence-corrected chi connectivity index (χ3v) is 5.81. The molecular weight excluding hydrogens is 442 g/mol. The van der Waals surface area contributed by atoms with Crippen LogP contribution in [-0.4, -0.2) is 22.5 Å². The largest absolute Gasteiger partial charge is 0.458 e. The van der Waals surface area contributed by atoms with Crippen molar-refractivity contribution in [3.8, 4) is 0 Å². The van der Waals surface area contributed by atoms with E-state index in [9.17, 15) is 14.9 Å². The molecule has 1 aliphatic heterocycles. The van der Waals surface area contributed by atoms with Gasteiger partial charge in [-0.05, 0) is 54.3 Å². The van der Waals surface area contributed by atoms with Gasteiger partial charge in [0.25, 0.3) is 5.69 Å². The van der Waals surface area contributed by atoms with Gasteiger partial charge in [-0.3, -0.25) is 15.1 Å². The predicted molar refractivity (Wildman–Crippen MR) is 135 cm³/mol. The maximum absolute atomic E-state index is 13.4. The summed E-state index contributed by atoms with van der Waals surface area (Å²) in [5, 5.41) is 14.8. The number of dihydropyridines is 1. The van der Waals surface area contributed by atoms with E-state index in [1.54, 1.807) is 30.6 Å². The van der Waals surface area contributed by atoms with Crippen LogP contribution in [0.5, 0.6) is 0 Å². The molecule has 0 saturated heterocycles. The van der Waals surface area contributed by atoms with Crippen LogP contribution < -0.4 is 5.32 Å². The summed E-state index contributed by atoms with van der Waals surface area (Å²) in [5.41, 5.74) is 5.22. The molecule has 3 aromatic rings. The third kappa shape index (κ3) is 5.35. The Bertz CT molecular complexity index is 1330. The molecule has 0 amide bonds. The lowest BCUT2D eigenvalue weighted by Gasteiger charge is -2.31. The summed E-state index contributed by atoms with van der Waals surface area (Å²) in [6.45, 7) is 3.83. The second-order valence-electron chi connectivity index (χ2n) is 8.13. The molecule has 1 aliphatic rings. The van der Waals surface area contributed by atoms with Crippen molar-refractivity contribution in [2.24, 2.45) is 0 Å². The molecule has 1 N–H and O–H groups in total. The van der Waals surface area contributed by atoms with E-state index in [0.29, 0.717) is 16.8 Å². The number of ether oxygens (including phenoxy) is 1. The standard InChI is InChI=1S/C28H25N3O4/c1-19-25(22-13-15-29-16-14-22)27(23-11-6-12-24(18-23)31(33)34)26(20(2)30-19)28(32)35-17-7-10-21-8-4-3-5-9-21/h3-16,18,27,30H,17H2,1-2H3/b10-7+. The van der Waals surface area contributed by atoms with Crippen molar-refractivity contribution in [2.75, 3.05) is 6.61 Å². The minimum atomic E-state index is -0.552. The summed E-state index contributed by atoms with van der Waals surface area (Å²) in [7, 11) is 0. The molecule has 4 rings (SSSR count). The highest BCUT2D eigenvalue weighted by molar-refractivity contribution is 5.97. The number of carbonyl (C=O) groups is 1. The van der Waals surface area contributed by atoms with Gasteiger partial charge in [-0.2, -0.15) is 0 Å². The van der Waals surface area contributed by atoms with Crippen LogP contribution in [0.4, 0.5) is 5.69 Å². The summed E-state index contributed by atoms with van der Waals surface area (Å²) < 4.78 is 5.63. The number of rotatable bonds is 7. The molecule has 1 atom stereocenters. The Hall–Kier alpha value is -4.52. The number of carbonyl (C=O) groups excluding carboxylic acids is 1. The summed E-state index contributed by atoms with van der Waals surface area (Å²) in [6, 6.07) is 19.8. The van der Waals surface area contributed by atoms with Gasteiger partial charge >= 0.3 is 5.97 Å². The quantitative estimate of drug-likeness (QED) is 0.275. The predicted octanol–water partition coefficient (Wildman–Crippen LogP) is 5.64. The van der Waals surface area contributed by atoms with Crippen molar-refractivity contribution in [3.05, 3.63) is 129 Å². The molecule has 0 spiro atoms. The second kappa shape index (κ2) is 10.6. The average Bonchev–Trinajstić information content (AvgIpc) is 2.87. The highest BCUT2D eigenvalue weighted by atomic mass is 16.6. The number of nitrogens with one attached hydrogen (secondary N) is 1. The molecule has 0 aliphatic carbocycles. The van der Waals surface area contributed by atoms with Crippen LogP contribution in [0.25, 0.3) is 11.6 Å². The summed E-state index contributed by atoms with van der Waals surface area (Å²) in [4.78, 5) is 28.5. The molecule has 0 bridgehead atoms. The molecular formula is C28H25N3O4. The maximum atomic E-state index is 13.4. The first-order valence-electron chi connectivity index (χ1n) is 11.2. The normalized spacial score (nSPS) is 15.8. The number of allylic oxidation sites excluding steroid dienone is 3. The maximum Gasteiger partial charge on any atom is 0.337 e. The average molecular weight is 468 g/mol. The van der Waals surface area contributed by atoms with Gasteiger partial charge in [0.2, 0.25) is 0 Å². The van der Waals surface area contributed by atoms with E-state index >= 15 is 0 Å². The van der Waals surface area contributed by atoms with E-state index in [-0.39, 0.29) is 12.3 Å². The van der Waals surface area contributed by atoms with Crippen molar-refractivity contribution in [1.29, 1.82) is 0 Å². The Morgan fingerprint density at radius 3 is 2.51 bits per heavy atom. The molecule has 2 heterocycles. The summed E-state index contributed by atoms with van der Waals surface area (Å²) in [6.07, 6.45) is 7.03. The molecule has 1 unspecified atom stereocenters. The fourth-order valence-corrected chi connectivity index (χ4v) is 4.28. The number of esters is 1. The number of pyridine rings is 1. The van der Waals surface area contributed by atoms with E-state index in [4.69, 9.17) is 4.74 Å².